The average Bonchev–Trinajstić information content (AvgIpc) is 3.10. The van der Waals surface area contributed by atoms with Gasteiger partial charge in [-0.2, -0.15) is 0 Å². The van der Waals surface area contributed by atoms with E-state index in [1.807, 2.05) is 32.9 Å². The molecule has 1 unspecified atom stereocenters. The van der Waals surface area contributed by atoms with Gasteiger partial charge < -0.3 is 24.9 Å². The molecule has 160 valence electrons. The number of carbonyl (C=O) groups excluding carboxylic acids is 1. The Bertz CT molecular complexity index is 985. The Morgan fingerprint density at radius 3 is 2.40 bits per heavy atom. The van der Waals surface area contributed by atoms with Crippen molar-refractivity contribution < 1.29 is 19.1 Å². The number of aromatic hydroxyl groups is 1. The number of furan rings is 1. The van der Waals surface area contributed by atoms with Crippen LogP contribution in [0.1, 0.15) is 61.5 Å². The quantitative estimate of drug-likeness (QED) is 0.423. The minimum atomic E-state index is -0.172. The van der Waals surface area contributed by atoms with E-state index >= 15 is 0 Å². The Hall–Kier alpha value is -2.73. The summed E-state index contributed by atoms with van der Waals surface area (Å²) in [5.41, 5.74) is 2.99. The summed E-state index contributed by atoms with van der Waals surface area (Å²) in [6.45, 7) is 9.18. The second-order valence-electron chi connectivity index (χ2n) is 8.98. The van der Waals surface area contributed by atoms with Crippen LogP contribution in [0, 0.1) is 18.3 Å². The van der Waals surface area contributed by atoms with E-state index in [4.69, 9.17) is 9.15 Å². The molecule has 0 amide bonds. The lowest BCUT2D eigenvalue weighted by atomic mass is 9.78. The highest BCUT2D eigenvalue weighted by Gasteiger charge is 2.44. The van der Waals surface area contributed by atoms with E-state index in [0.717, 1.165) is 35.8 Å². The molecule has 1 aromatic heterocycles. The highest BCUT2D eigenvalue weighted by atomic mass is 16.5. The first-order valence-electron chi connectivity index (χ1n) is 10.5. The zero-order chi connectivity index (χ0) is 21.5. The standard InChI is InChI=1S/C24H30N2O4/c1-14(2)21(27)16-6-5-7-19(22(16)28)25-17-9-10-18(17)26-23(24(4)12-29-13-24)20-11-8-15(3)30-20/h5-8,11,14,23,25-26,28H,9-10,12-13H2,1-4H3. The van der Waals surface area contributed by atoms with E-state index < -0.39 is 0 Å². The maximum Gasteiger partial charge on any atom is 0.169 e. The minimum Gasteiger partial charge on any atom is -0.505 e. The zero-order valence-corrected chi connectivity index (χ0v) is 18.0. The van der Waals surface area contributed by atoms with Crippen LogP contribution in [0.3, 0.4) is 0 Å². The Balaban J connectivity index is 1.57. The topological polar surface area (TPSA) is 83.7 Å². The van der Waals surface area contributed by atoms with E-state index in [9.17, 15) is 9.90 Å². The number of carbonyl (C=O) groups is 1. The smallest absolute Gasteiger partial charge is 0.169 e. The van der Waals surface area contributed by atoms with Gasteiger partial charge in [0.1, 0.15) is 17.3 Å². The van der Waals surface area contributed by atoms with Crippen molar-refractivity contribution in [3.05, 3.63) is 58.8 Å². The molecule has 6 nitrogen and oxygen atoms in total. The van der Waals surface area contributed by atoms with Crippen LogP contribution in [0.25, 0.3) is 0 Å². The Labute approximate surface area is 177 Å². The van der Waals surface area contributed by atoms with Gasteiger partial charge in [-0.3, -0.25) is 4.79 Å². The second kappa shape index (κ2) is 7.84. The van der Waals surface area contributed by atoms with Gasteiger partial charge in [0.25, 0.3) is 0 Å². The SMILES string of the molecule is Cc1ccc(C(NC2=C(Nc3cccc(C(=O)C(C)C)c3O)CC2)C2(C)COC2)o1. The lowest BCUT2D eigenvalue weighted by Crippen LogP contribution is -2.50. The van der Waals surface area contributed by atoms with Gasteiger partial charge in [0.05, 0.1) is 30.5 Å². The van der Waals surface area contributed by atoms with Gasteiger partial charge in [0.2, 0.25) is 0 Å². The Morgan fingerprint density at radius 1 is 1.13 bits per heavy atom. The third-order valence-electron chi connectivity index (χ3n) is 6.03. The first kappa shape index (κ1) is 20.5. The number of hydrogen-bond acceptors (Lipinski definition) is 6. The molecule has 2 aromatic rings. The van der Waals surface area contributed by atoms with E-state index in [1.165, 1.54) is 0 Å². The number of aryl methyl sites for hydroxylation is 1. The molecule has 30 heavy (non-hydrogen) atoms. The van der Waals surface area contributed by atoms with Crippen molar-refractivity contribution in [2.75, 3.05) is 18.5 Å². The van der Waals surface area contributed by atoms with E-state index in [0.29, 0.717) is 24.5 Å². The number of phenolic OH excluding ortho intramolecular Hbond substituents is 1. The number of nitrogens with one attached hydrogen (secondary N) is 2. The van der Waals surface area contributed by atoms with Crippen LogP contribution in [-0.4, -0.2) is 24.1 Å². The summed E-state index contributed by atoms with van der Waals surface area (Å²) in [6.07, 6.45) is 1.79. The normalized spacial score (nSPS) is 18.6. The van der Waals surface area contributed by atoms with Crippen LogP contribution in [0.15, 0.2) is 46.1 Å². The molecule has 2 heterocycles. The molecule has 2 aliphatic rings. The van der Waals surface area contributed by atoms with Crippen LogP contribution < -0.4 is 10.6 Å². The summed E-state index contributed by atoms with van der Waals surface area (Å²) in [5, 5.41) is 17.6. The summed E-state index contributed by atoms with van der Waals surface area (Å²) < 4.78 is 11.4. The van der Waals surface area contributed by atoms with Gasteiger partial charge >= 0.3 is 0 Å². The largest absolute Gasteiger partial charge is 0.505 e. The van der Waals surface area contributed by atoms with Gasteiger partial charge in [-0.05, 0) is 44.0 Å². The summed E-state index contributed by atoms with van der Waals surface area (Å²) in [5.74, 6) is 1.56. The average molecular weight is 411 g/mol. The maximum atomic E-state index is 12.4. The fraction of sp³-hybridized carbons (Fsp3) is 0.458. The van der Waals surface area contributed by atoms with Crippen molar-refractivity contribution in [3.8, 4) is 5.75 Å². The molecule has 1 saturated heterocycles. The number of phenols is 1. The van der Waals surface area contributed by atoms with Gasteiger partial charge in [0, 0.05) is 22.7 Å². The molecule has 0 saturated carbocycles. The molecule has 1 atom stereocenters. The summed E-state index contributed by atoms with van der Waals surface area (Å²) in [4.78, 5) is 12.4. The van der Waals surface area contributed by atoms with Crippen molar-refractivity contribution >= 4 is 11.5 Å². The van der Waals surface area contributed by atoms with Crippen LogP contribution in [0.5, 0.6) is 5.75 Å². The first-order valence-corrected chi connectivity index (χ1v) is 10.5. The molecule has 4 rings (SSSR count). The first-order chi connectivity index (χ1) is 14.3. The number of rotatable bonds is 8. The Kier molecular flexibility index (Phi) is 5.36. The Morgan fingerprint density at radius 2 is 1.87 bits per heavy atom. The number of anilines is 1. The van der Waals surface area contributed by atoms with Crippen molar-refractivity contribution in [1.29, 1.82) is 0 Å². The van der Waals surface area contributed by atoms with Crippen LogP contribution in [-0.2, 0) is 4.74 Å². The lowest BCUT2D eigenvalue weighted by Gasteiger charge is -2.45. The molecular weight excluding hydrogens is 380 g/mol. The van der Waals surface area contributed by atoms with Crippen molar-refractivity contribution in [2.45, 2.75) is 46.6 Å². The van der Waals surface area contributed by atoms with E-state index in [-0.39, 0.29) is 28.9 Å². The van der Waals surface area contributed by atoms with E-state index in [2.05, 4.69) is 17.6 Å². The fourth-order valence-corrected chi connectivity index (χ4v) is 3.95. The van der Waals surface area contributed by atoms with Crippen LogP contribution >= 0.6 is 0 Å². The predicted octanol–water partition coefficient (Wildman–Crippen LogP) is 4.92. The molecule has 0 bridgehead atoms. The third-order valence-corrected chi connectivity index (χ3v) is 6.03. The molecule has 1 fully saturated rings. The number of ketones is 1. The summed E-state index contributed by atoms with van der Waals surface area (Å²) >= 11 is 0. The minimum absolute atomic E-state index is 0.00696. The highest BCUT2D eigenvalue weighted by Crippen LogP contribution is 2.43. The zero-order valence-electron chi connectivity index (χ0n) is 18.0. The fourth-order valence-electron chi connectivity index (χ4n) is 3.95. The van der Waals surface area contributed by atoms with Gasteiger partial charge in [-0.15, -0.1) is 0 Å². The number of benzene rings is 1. The van der Waals surface area contributed by atoms with Gasteiger partial charge in [0.15, 0.2) is 5.78 Å². The lowest BCUT2D eigenvalue weighted by molar-refractivity contribution is -0.124. The molecule has 1 aliphatic carbocycles. The molecule has 6 heteroatoms. The number of Topliss-reactive ketones (excluding diaryl/α,β-unsaturated/α-hetero) is 1. The molecule has 0 radical (unpaired) electrons. The predicted molar refractivity (Wildman–Crippen MR) is 115 cm³/mol. The number of ether oxygens (including phenoxy) is 1. The second-order valence-corrected chi connectivity index (χ2v) is 8.98. The third kappa shape index (κ3) is 3.72. The summed E-state index contributed by atoms with van der Waals surface area (Å²) in [6, 6.07) is 9.28. The maximum absolute atomic E-state index is 12.4. The van der Waals surface area contributed by atoms with E-state index in [1.54, 1.807) is 18.2 Å². The molecular formula is C24H30N2O4. The highest BCUT2D eigenvalue weighted by molar-refractivity contribution is 6.01. The molecule has 1 aliphatic heterocycles. The van der Waals surface area contributed by atoms with Gasteiger partial charge in [-0.25, -0.2) is 0 Å². The summed E-state index contributed by atoms with van der Waals surface area (Å²) in [7, 11) is 0. The van der Waals surface area contributed by atoms with Crippen molar-refractivity contribution in [2.24, 2.45) is 11.3 Å². The number of allylic oxidation sites excluding steroid dienone is 2. The number of hydrogen-bond donors (Lipinski definition) is 3. The number of para-hydroxylation sites is 1. The monoisotopic (exact) mass is 410 g/mol. The van der Waals surface area contributed by atoms with Gasteiger partial charge in [-0.1, -0.05) is 26.8 Å². The van der Waals surface area contributed by atoms with Crippen LogP contribution in [0.2, 0.25) is 0 Å². The molecule has 0 spiro atoms. The van der Waals surface area contributed by atoms with Crippen molar-refractivity contribution in [1.82, 2.24) is 5.32 Å². The van der Waals surface area contributed by atoms with Crippen LogP contribution in [0.4, 0.5) is 5.69 Å². The van der Waals surface area contributed by atoms with Crippen molar-refractivity contribution in [3.63, 3.8) is 0 Å². The molecule has 3 N–H and O–H groups in total. The molecule has 1 aromatic carbocycles.